The maximum absolute atomic E-state index is 13.4. The van der Waals surface area contributed by atoms with Gasteiger partial charge in [0.2, 0.25) is 5.91 Å². The van der Waals surface area contributed by atoms with Crippen LogP contribution in [0.2, 0.25) is 0 Å². The number of halogens is 2. The van der Waals surface area contributed by atoms with Crippen molar-refractivity contribution in [3.8, 4) is 0 Å². The quantitative estimate of drug-likeness (QED) is 0.644. The normalized spacial score (nSPS) is 16.1. The number of benzene rings is 1. The van der Waals surface area contributed by atoms with Crippen molar-refractivity contribution in [2.24, 2.45) is 0 Å². The molecule has 1 saturated heterocycles. The van der Waals surface area contributed by atoms with Crippen LogP contribution in [0.1, 0.15) is 12.0 Å². The van der Waals surface area contributed by atoms with Gasteiger partial charge in [-0.05, 0) is 25.1 Å². The second-order valence-electron chi connectivity index (χ2n) is 5.07. The van der Waals surface area contributed by atoms with Gasteiger partial charge in [0.15, 0.2) is 11.6 Å². The average Bonchev–Trinajstić information content (AvgIpc) is 2.54. The van der Waals surface area contributed by atoms with Crippen LogP contribution in [0.15, 0.2) is 24.3 Å². The fourth-order valence-electron chi connectivity index (χ4n) is 2.21. The largest absolute Gasteiger partial charge is 0.379 e. The third-order valence-corrected chi connectivity index (χ3v) is 3.45. The Morgan fingerprint density at radius 1 is 1.32 bits per heavy atom. The molecule has 1 aromatic carbocycles. The molecule has 0 bridgehead atoms. The zero-order valence-electron chi connectivity index (χ0n) is 12.4. The molecule has 1 aliphatic heterocycles. The minimum absolute atomic E-state index is 0.0588. The molecule has 6 heteroatoms. The number of carbonyl (C=O) groups is 1. The second kappa shape index (κ2) is 8.60. The minimum Gasteiger partial charge on any atom is -0.379 e. The third-order valence-electron chi connectivity index (χ3n) is 3.45. The number of morpholine rings is 1. The Morgan fingerprint density at radius 3 is 2.86 bits per heavy atom. The average molecular weight is 310 g/mol. The van der Waals surface area contributed by atoms with Crippen molar-refractivity contribution in [3.05, 3.63) is 41.5 Å². The Hall–Kier alpha value is -1.79. The highest BCUT2D eigenvalue weighted by Crippen LogP contribution is 2.12. The first-order valence-electron chi connectivity index (χ1n) is 7.37. The highest BCUT2D eigenvalue weighted by Gasteiger charge is 2.09. The number of hydrogen-bond acceptors (Lipinski definition) is 3. The zero-order chi connectivity index (χ0) is 15.8. The Balaban J connectivity index is 1.69. The van der Waals surface area contributed by atoms with E-state index in [-0.39, 0.29) is 11.5 Å². The van der Waals surface area contributed by atoms with E-state index in [1.807, 2.05) is 0 Å². The van der Waals surface area contributed by atoms with Gasteiger partial charge in [-0.3, -0.25) is 9.69 Å². The molecule has 0 aromatic heterocycles. The monoisotopic (exact) mass is 310 g/mol. The number of nitrogens with zero attached hydrogens (tertiary/aromatic N) is 1. The molecule has 0 unspecified atom stereocenters. The SMILES string of the molecule is O=C(C=Cc1cccc(F)c1F)NCCCN1CCOCC1. The van der Waals surface area contributed by atoms with Crippen molar-refractivity contribution in [1.29, 1.82) is 0 Å². The van der Waals surface area contributed by atoms with E-state index in [4.69, 9.17) is 4.74 Å². The maximum Gasteiger partial charge on any atom is 0.244 e. The predicted molar refractivity (Wildman–Crippen MR) is 80.3 cm³/mol. The molecule has 0 spiro atoms. The second-order valence-corrected chi connectivity index (χ2v) is 5.07. The van der Waals surface area contributed by atoms with E-state index in [0.717, 1.165) is 45.3 Å². The zero-order valence-corrected chi connectivity index (χ0v) is 12.4. The summed E-state index contributed by atoms with van der Waals surface area (Å²) in [6.45, 7) is 4.82. The lowest BCUT2D eigenvalue weighted by Crippen LogP contribution is -2.38. The van der Waals surface area contributed by atoms with Crippen LogP contribution in [0.5, 0.6) is 0 Å². The fraction of sp³-hybridized carbons (Fsp3) is 0.438. The molecule has 1 fully saturated rings. The summed E-state index contributed by atoms with van der Waals surface area (Å²) in [7, 11) is 0. The van der Waals surface area contributed by atoms with Gasteiger partial charge in [0.25, 0.3) is 0 Å². The third kappa shape index (κ3) is 5.20. The summed E-state index contributed by atoms with van der Waals surface area (Å²) in [6.07, 6.45) is 3.33. The smallest absolute Gasteiger partial charge is 0.244 e. The number of ether oxygens (including phenoxy) is 1. The summed E-state index contributed by atoms with van der Waals surface area (Å²) in [4.78, 5) is 13.9. The van der Waals surface area contributed by atoms with Crippen LogP contribution in [0, 0.1) is 11.6 Å². The van der Waals surface area contributed by atoms with Crippen molar-refractivity contribution in [1.82, 2.24) is 10.2 Å². The van der Waals surface area contributed by atoms with Crippen LogP contribution in [0.4, 0.5) is 8.78 Å². The van der Waals surface area contributed by atoms with E-state index in [1.165, 1.54) is 24.3 Å². The minimum atomic E-state index is -0.945. The lowest BCUT2D eigenvalue weighted by Gasteiger charge is -2.26. The Kier molecular flexibility index (Phi) is 6.48. The summed E-state index contributed by atoms with van der Waals surface area (Å²) < 4.78 is 31.7. The molecule has 0 saturated carbocycles. The standard InChI is InChI=1S/C16H20F2N2O2/c17-14-4-1-3-13(16(14)18)5-6-15(21)19-7-2-8-20-9-11-22-12-10-20/h1,3-6H,2,7-12H2,(H,19,21). The van der Waals surface area contributed by atoms with Gasteiger partial charge < -0.3 is 10.1 Å². The van der Waals surface area contributed by atoms with Gasteiger partial charge in [0.05, 0.1) is 13.2 Å². The lowest BCUT2D eigenvalue weighted by atomic mass is 10.2. The van der Waals surface area contributed by atoms with Gasteiger partial charge in [-0.15, -0.1) is 0 Å². The molecule has 1 heterocycles. The van der Waals surface area contributed by atoms with Crippen LogP contribution in [0.3, 0.4) is 0 Å². The first-order chi connectivity index (χ1) is 10.7. The highest BCUT2D eigenvalue weighted by atomic mass is 19.2. The van der Waals surface area contributed by atoms with E-state index in [0.29, 0.717) is 6.54 Å². The Labute approximate surface area is 128 Å². The summed E-state index contributed by atoms with van der Waals surface area (Å²) >= 11 is 0. The Morgan fingerprint density at radius 2 is 2.09 bits per heavy atom. The van der Waals surface area contributed by atoms with Crippen LogP contribution in [-0.4, -0.2) is 50.2 Å². The molecular formula is C16H20F2N2O2. The molecule has 0 atom stereocenters. The van der Waals surface area contributed by atoms with E-state index < -0.39 is 11.6 Å². The molecule has 4 nitrogen and oxygen atoms in total. The van der Waals surface area contributed by atoms with Crippen molar-refractivity contribution in [2.75, 3.05) is 39.4 Å². The molecule has 1 aromatic rings. The van der Waals surface area contributed by atoms with Crippen LogP contribution < -0.4 is 5.32 Å². The Bertz CT molecular complexity index is 529. The van der Waals surface area contributed by atoms with Gasteiger partial charge in [-0.1, -0.05) is 12.1 Å². The molecule has 1 amide bonds. The van der Waals surface area contributed by atoms with Crippen LogP contribution >= 0.6 is 0 Å². The van der Waals surface area contributed by atoms with Gasteiger partial charge in [-0.2, -0.15) is 0 Å². The number of nitrogens with one attached hydrogen (secondary N) is 1. The van der Waals surface area contributed by atoms with E-state index in [2.05, 4.69) is 10.2 Å². The summed E-state index contributed by atoms with van der Waals surface area (Å²) in [5.41, 5.74) is 0.0588. The van der Waals surface area contributed by atoms with Crippen LogP contribution in [0.25, 0.3) is 6.08 Å². The first-order valence-corrected chi connectivity index (χ1v) is 7.37. The van der Waals surface area contributed by atoms with Gasteiger partial charge in [0, 0.05) is 31.3 Å². The molecule has 120 valence electrons. The molecular weight excluding hydrogens is 290 g/mol. The summed E-state index contributed by atoms with van der Waals surface area (Å²) in [5, 5.41) is 2.73. The molecule has 0 aliphatic carbocycles. The summed E-state index contributed by atoms with van der Waals surface area (Å²) in [6, 6.07) is 3.86. The molecule has 22 heavy (non-hydrogen) atoms. The van der Waals surface area contributed by atoms with Gasteiger partial charge in [-0.25, -0.2) is 8.78 Å². The summed E-state index contributed by atoms with van der Waals surface area (Å²) in [5.74, 6) is -2.18. The molecule has 2 rings (SSSR count). The topological polar surface area (TPSA) is 41.6 Å². The first kappa shape index (κ1) is 16.6. The number of amides is 1. The molecule has 1 aliphatic rings. The van der Waals surface area contributed by atoms with E-state index >= 15 is 0 Å². The fourth-order valence-corrected chi connectivity index (χ4v) is 2.21. The van der Waals surface area contributed by atoms with Crippen molar-refractivity contribution in [3.63, 3.8) is 0 Å². The van der Waals surface area contributed by atoms with Crippen molar-refractivity contribution in [2.45, 2.75) is 6.42 Å². The van der Waals surface area contributed by atoms with E-state index in [9.17, 15) is 13.6 Å². The van der Waals surface area contributed by atoms with E-state index in [1.54, 1.807) is 0 Å². The van der Waals surface area contributed by atoms with Crippen molar-refractivity contribution >= 4 is 12.0 Å². The number of carbonyl (C=O) groups excluding carboxylic acids is 1. The maximum atomic E-state index is 13.4. The van der Waals surface area contributed by atoms with Crippen LogP contribution in [-0.2, 0) is 9.53 Å². The van der Waals surface area contributed by atoms with Gasteiger partial charge >= 0.3 is 0 Å². The number of hydrogen-bond donors (Lipinski definition) is 1. The molecule has 1 N–H and O–H groups in total. The number of rotatable bonds is 6. The predicted octanol–water partition coefficient (Wildman–Crippen LogP) is 1.82. The molecule has 0 radical (unpaired) electrons. The van der Waals surface area contributed by atoms with Gasteiger partial charge in [0.1, 0.15) is 0 Å². The van der Waals surface area contributed by atoms with Crippen molar-refractivity contribution < 1.29 is 18.3 Å². The highest BCUT2D eigenvalue weighted by molar-refractivity contribution is 5.91. The lowest BCUT2D eigenvalue weighted by molar-refractivity contribution is -0.116.